The summed E-state index contributed by atoms with van der Waals surface area (Å²) in [6, 6.07) is 52.2. The van der Waals surface area contributed by atoms with Gasteiger partial charge in [0.15, 0.2) is 22.9 Å². The van der Waals surface area contributed by atoms with Gasteiger partial charge in [0.05, 0.1) is 50.4 Å². The highest BCUT2D eigenvalue weighted by Gasteiger charge is 2.35. The molecule has 113 heavy (non-hydrogen) atoms. The van der Waals surface area contributed by atoms with E-state index in [-0.39, 0.29) is 22.3 Å². The molecule has 0 aliphatic carbocycles. The second-order valence-electron chi connectivity index (χ2n) is 28.6. The molecule has 31 nitrogen and oxygen atoms in total. The average Bonchev–Trinajstić information content (AvgIpc) is 1.61. The molecule has 0 radical (unpaired) electrons. The lowest BCUT2D eigenvalue weighted by molar-refractivity contribution is -0.384. The van der Waals surface area contributed by atoms with Crippen LogP contribution in [-0.4, -0.2) is 196 Å². The van der Waals surface area contributed by atoms with Crippen molar-refractivity contribution in [2.24, 2.45) is 0 Å². The largest absolute Gasteiger partial charge is 0.385 e. The van der Waals surface area contributed by atoms with Crippen molar-refractivity contribution in [1.29, 1.82) is 0 Å². The number of piperidine rings is 3. The molecule has 5 aliphatic rings. The maximum absolute atomic E-state index is 12.4. The maximum Gasteiger partial charge on any atom is 0.326 e. The molecule has 31 heteroatoms. The van der Waals surface area contributed by atoms with E-state index in [0.717, 1.165) is 206 Å². The minimum absolute atomic E-state index is 0.0188. The van der Waals surface area contributed by atoms with Crippen molar-refractivity contribution in [3.8, 4) is 0 Å². The second-order valence-corrected chi connectivity index (χ2v) is 28.6. The van der Waals surface area contributed by atoms with Gasteiger partial charge in [0.2, 0.25) is 0 Å². The van der Waals surface area contributed by atoms with E-state index in [9.17, 15) is 20.0 Å². The molecule has 11 aromatic heterocycles. The number of para-hydroxylation sites is 3. The molecule has 7 N–H and O–H groups in total. The number of nitrogens with zero attached hydrogens (tertiary/aromatic N) is 21. The number of hydrogen-bond acceptors (Lipinski definition) is 23. The van der Waals surface area contributed by atoms with Crippen molar-refractivity contribution in [2.75, 3.05) is 126 Å². The first kappa shape index (κ1) is 72.2. The molecule has 572 valence electrons. The Balaban J connectivity index is 0.000000102. The van der Waals surface area contributed by atoms with Crippen LogP contribution >= 0.6 is 0 Å². The predicted molar refractivity (Wildman–Crippen MR) is 439 cm³/mol. The molecule has 0 saturated carbocycles. The highest BCUT2D eigenvalue weighted by atomic mass is 16.6. The highest BCUT2D eigenvalue weighted by Crippen LogP contribution is 2.38. The minimum atomic E-state index is -0.734. The van der Waals surface area contributed by atoms with Crippen molar-refractivity contribution >= 4 is 113 Å². The number of nitro groups is 1. The Morgan fingerprint density at radius 2 is 0.805 bits per heavy atom. The van der Waals surface area contributed by atoms with E-state index in [1.165, 1.54) is 30.4 Å². The molecule has 5 saturated heterocycles. The van der Waals surface area contributed by atoms with E-state index in [1.807, 2.05) is 89.9 Å². The van der Waals surface area contributed by atoms with Crippen molar-refractivity contribution < 1.29 is 10.0 Å². The number of aromatic amines is 6. The van der Waals surface area contributed by atoms with Crippen LogP contribution in [-0.2, 0) is 5.60 Å². The Labute approximate surface area is 648 Å². The monoisotopic (exact) mass is 1510 g/mol. The summed E-state index contributed by atoms with van der Waals surface area (Å²) in [6.07, 6.45) is 22.5. The van der Waals surface area contributed by atoms with Gasteiger partial charge in [0.1, 0.15) is 77.1 Å². The topological polar surface area (TPSA) is 357 Å². The number of piperazine rings is 2. The standard InChI is InChI=1S/C18H18N6O.C17H18N4O.C17H18N4.C15H15N7O2.C15H16N6/c25-18-22-14-3-1-2-4-15(14)24(18)12-6-9-23(10-7-12)17-13-5-8-19-16(13)20-11-21-17;22-17(13-4-2-1-3-5-13)7-10-21(11-8-17)16-14-6-9-18-15(14)19-12-20-16;1-2-4-13(5-3-1)14-7-10-21(11-8-14)17-15-6-9-18-16(15)19-12-20-17;23-22(24)12-3-1-11(2-4-12)20-5-7-21(8-6-20)15-13-14(17-9-16-13)18-10-19-15;1-2-4-12(5-3-1)20-6-8-21(9-7-20)15-13-14(17-10-16-13)18-11-19-15/h1-5,8,11-12H,6-7,9-10H2,(H,22,25)(H,19,20,21);1-6,9,12,22H,7-8,10-11H2,(H,18,19,20);1-6,9,12,14H,7-8,10-11H2,(H,18,19,20);1-4,9-10H,5-8H2,(H,16,17,18,19);1-5,10-11H,6-9H2,(H,16,17,18,19). The molecule has 16 aromatic rings. The first-order valence-corrected chi connectivity index (χ1v) is 38.3. The van der Waals surface area contributed by atoms with Gasteiger partial charge in [-0.15, -0.1) is 0 Å². The fraction of sp³-hybridized carbons (Fsp3) is 0.280. The average molecular weight is 1510 g/mol. The molecule has 16 heterocycles. The second kappa shape index (κ2) is 32.8. The first-order chi connectivity index (χ1) is 55.6. The smallest absolute Gasteiger partial charge is 0.326 e. The summed E-state index contributed by atoms with van der Waals surface area (Å²) in [5.41, 5.74) is 11.8. The number of fused-ring (bicyclic) bond motifs is 6. The molecular weight excluding hydrogens is 1430 g/mol. The van der Waals surface area contributed by atoms with Crippen LogP contribution < -0.4 is 40.0 Å². The third kappa shape index (κ3) is 15.7. The summed E-state index contributed by atoms with van der Waals surface area (Å²) in [5, 5.41) is 24.9. The van der Waals surface area contributed by atoms with E-state index < -0.39 is 5.60 Å². The van der Waals surface area contributed by atoms with E-state index in [0.29, 0.717) is 24.4 Å². The third-order valence-electron chi connectivity index (χ3n) is 22.1. The summed E-state index contributed by atoms with van der Waals surface area (Å²) in [7, 11) is 0. The Kier molecular flexibility index (Phi) is 21.0. The zero-order valence-corrected chi connectivity index (χ0v) is 62.1. The van der Waals surface area contributed by atoms with Gasteiger partial charge in [-0.3, -0.25) is 14.7 Å². The van der Waals surface area contributed by atoms with Gasteiger partial charge in [-0.05, 0) is 110 Å². The molecular formula is C82H85N27O4. The van der Waals surface area contributed by atoms with Crippen molar-refractivity contribution in [1.82, 2.24) is 94.3 Å². The van der Waals surface area contributed by atoms with E-state index in [2.05, 4.69) is 191 Å². The number of nitrogens with one attached hydrogen (secondary N) is 6. The van der Waals surface area contributed by atoms with Gasteiger partial charge in [0, 0.05) is 140 Å². The van der Waals surface area contributed by atoms with Crippen LogP contribution in [0, 0.1) is 10.1 Å². The van der Waals surface area contributed by atoms with Crippen LogP contribution in [0.25, 0.3) is 66.5 Å². The number of aromatic nitrogens is 19. The van der Waals surface area contributed by atoms with Crippen LogP contribution in [0.3, 0.4) is 0 Å². The fourth-order valence-corrected chi connectivity index (χ4v) is 16.1. The number of non-ortho nitro benzene ring substituents is 1. The van der Waals surface area contributed by atoms with Crippen molar-refractivity contribution in [3.63, 3.8) is 0 Å². The summed E-state index contributed by atoms with van der Waals surface area (Å²) in [6.45, 7) is 12.5. The van der Waals surface area contributed by atoms with Crippen LogP contribution in [0.5, 0.6) is 0 Å². The Bertz CT molecular complexity index is 5740. The summed E-state index contributed by atoms with van der Waals surface area (Å²) >= 11 is 0. The SMILES string of the molecule is O=[N+]([O-])c1ccc(N2CCN(c3ncnc4nc[nH]c34)CC2)cc1.O=c1[nH]c2ccccc2n1C1CCN(c2ncnc3[nH]ccc23)CC1.OC1(c2ccccc2)CCN(c2ncnc3[nH]ccc23)CC1.c1ccc(C2CCN(c3ncnc4[nH]ccc34)CC2)cc1.c1ccc(N2CCN(c3ncnc4nc[nH]c34)CC2)cc1. The molecule has 5 aromatic carbocycles. The lowest BCUT2D eigenvalue weighted by Crippen LogP contribution is -2.46. The van der Waals surface area contributed by atoms with E-state index in [1.54, 1.807) is 62.2 Å². The molecule has 5 aliphatic heterocycles. The number of hydrogen-bond donors (Lipinski definition) is 7. The highest BCUT2D eigenvalue weighted by molar-refractivity contribution is 5.90. The number of rotatable bonds is 11. The van der Waals surface area contributed by atoms with Crippen LogP contribution in [0.15, 0.2) is 225 Å². The molecule has 0 atom stereocenters. The first-order valence-electron chi connectivity index (χ1n) is 38.3. The number of imidazole rings is 3. The number of aliphatic hydroxyl groups is 1. The summed E-state index contributed by atoms with van der Waals surface area (Å²) < 4.78 is 1.92. The van der Waals surface area contributed by atoms with Crippen LogP contribution in [0.1, 0.15) is 61.6 Å². The third-order valence-corrected chi connectivity index (χ3v) is 22.1. The summed E-state index contributed by atoms with van der Waals surface area (Å²) in [5.74, 6) is 5.46. The van der Waals surface area contributed by atoms with E-state index >= 15 is 0 Å². The number of H-pyrrole nitrogens is 6. The van der Waals surface area contributed by atoms with Gasteiger partial charge in [-0.25, -0.2) is 64.6 Å². The lowest BCUT2D eigenvalue weighted by Gasteiger charge is -2.39. The zero-order chi connectivity index (χ0) is 76.5. The quantitative estimate of drug-likeness (QED) is 0.0467. The normalized spacial score (nSPS) is 16.2. The number of anilines is 7. The van der Waals surface area contributed by atoms with Gasteiger partial charge in [-0.2, -0.15) is 0 Å². The molecule has 5 fully saturated rings. The number of benzene rings is 5. The molecule has 0 unspecified atom stereocenters. The fourth-order valence-electron chi connectivity index (χ4n) is 16.1. The van der Waals surface area contributed by atoms with E-state index in [4.69, 9.17) is 0 Å². The Morgan fingerprint density at radius 3 is 1.30 bits per heavy atom. The van der Waals surface area contributed by atoms with Gasteiger partial charge in [-0.1, -0.05) is 91.0 Å². The van der Waals surface area contributed by atoms with Gasteiger partial charge in [0.25, 0.3) is 5.69 Å². The van der Waals surface area contributed by atoms with Crippen molar-refractivity contribution in [3.05, 3.63) is 252 Å². The maximum atomic E-state index is 12.4. The number of nitro benzene ring substituents is 1. The van der Waals surface area contributed by atoms with Crippen molar-refractivity contribution in [2.45, 2.75) is 56.1 Å². The Hall–Kier alpha value is -13.7. The van der Waals surface area contributed by atoms with Crippen LogP contribution in [0.2, 0.25) is 0 Å². The predicted octanol–water partition coefficient (Wildman–Crippen LogP) is 11.5. The lowest BCUT2D eigenvalue weighted by atomic mass is 9.84. The van der Waals surface area contributed by atoms with Gasteiger partial charge < -0.3 is 69.3 Å². The van der Waals surface area contributed by atoms with Gasteiger partial charge >= 0.3 is 5.69 Å². The minimum Gasteiger partial charge on any atom is -0.385 e. The summed E-state index contributed by atoms with van der Waals surface area (Å²) in [4.78, 5) is 109. The Morgan fingerprint density at radius 1 is 0.398 bits per heavy atom. The van der Waals surface area contributed by atoms with Crippen LogP contribution in [0.4, 0.5) is 46.2 Å². The zero-order valence-electron chi connectivity index (χ0n) is 62.1. The molecule has 0 spiro atoms. The molecule has 21 rings (SSSR count). The molecule has 0 amide bonds. The molecule has 0 bridgehead atoms.